The number of aliphatic imine (C=N–C) groups is 2. The molecule has 0 saturated carbocycles. The van der Waals surface area contributed by atoms with Gasteiger partial charge in [0.2, 0.25) is 0 Å². The van der Waals surface area contributed by atoms with Gasteiger partial charge in [0.15, 0.2) is 0 Å². The fourth-order valence-corrected chi connectivity index (χ4v) is 1.05. The topological polar surface area (TPSA) is 53.7 Å². The van der Waals surface area contributed by atoms with Crippen LogP contribution in [0.3, 0.4) is 0 Å². The van der Waals surface area contributed by atoms with Crippen molar-refractivity contribution in [1.82, 2.24) is 9.97 Å². The van der Waals surface area contributed by atoms with Crippen molar-refractivity contribution in [1.29, 1.82) is 0 Å². The van der Waals surface area contributed by atoms with E-state index in [-0.39, 0.29) is 0 Å². The summed E-state index contributed by atoms with van der Waals surface area (Å²) in [7, 11) is 1.87. The van der Waals surface area contributed by atoms with Gasteiger partial charge in [0.25, 0.3) is 0 Å². The van der Waals surface area contributed by atoms with E-state index in [4.69, 9.17) is 0 Å². The zero-order valence-electron chi connectivity index (χ0n) is 8.83. The largest absolute Gasteiger partial charge is 0.314 e. The molecular formula is C10H13N5. The summed E-state index contributed by atoms with van der Waals surface area (Å²) in [6.07, 6.45) is 6.44. The van der Waals surface area contributed by atoms with Gasteiger partial charge in [0.05, 0.1) is 0 Å². The highest BCUT2D eigenvalue weighted by molar-refractivity contribution is 5.64. The van der Waals surface area contributed by atoms with Gasteiger partial charge < -0.3 is 4.90 Å². The van der Waals surface area contributed by atoms with Crippen LogP contribution in [0.5, 0.6) is 0 Å². The lowest BCUT2D eigenvalue weighted by molar-refractivity contribution is 0.999. The first-order valence-corrected chi connectivity index (χ1v) is 4.44. The highest BCUT2D eigenvalue weighted by atomic mass is 15.2. The Bertz CT molecular complexity index is 369. The van der Waals surface area contributed by atoms with E-state index in [9.17, 15) is 0 Å². The van der Waals surface area contributed by atoms with Crippen LogP contribution < -0.4 is 4.90 Å². The van der Waals surface area contributed by atoms with Gasteiger partial charge in [-0.2, -0.15) is 0 Å². The Kier molecular flexibility index (Phi) is 4.15. The molecular weight excluding hydrogens is 190 g/mol. The molecule has 0 amide bonds. The molecule has 0 atom stereocenters. The molecule has 78 valence electrons. The third kappa shape index (κ3) is 2.98. The van der Waals surface area contributed by atoms with E-state index < -0.39 is 0 Å². The highest BCUT2D eigenvalue weighted by Gasteiger charge is 2.04. The van der Waals surface area contributed by atoms with Gasteiger partial charge in [-0.15, -0.1) is 0 Å². The molecule has 5 nitrogen and oxygen atoms in total. The molecule has 0 saturated heterocycles. The summed E-state index contributed by atoms with van der Waals surface area (Å²) in [4.78, 5) is 17.5. The SMILES string of the molecule is C=NC=N/C(=C\C)N(C)c1ccncn1. The average molecular weight is 203 g/mol. The van der Waals surface area contributed by atoms with Crippen LogP contribution in [0, 0.1) is 0 Å². The van der Waals surface area contributed by atoms with Crippen molar-refractivity contribution in [2.45, 2.75) is 6.92 Å². The van der Waals surface area contributed by atoms with E-state index in [1.165, 1.54) is 12.7 Å². The number of rotatable bonds is 4. The Morgan fingerprint density at radius 2 is 2.40 bits per heavy atom. The molecule has 0 radical (unpaired) electrons. The van der Waals surface area contributed by atoms with Crippen molar-refractivity contribution in [2.24, 2.45) is 9.98 Å². The lowest BCUT2D eigenvalue weighted by Crippen LogP contribution is -2.16. The molecule has 1 heterocycles. The Hall–Kier alpha value is -2.04. The van der Waals surface area contributed by atoms with Crippen LogP contribution in [0.25, 0.3) is 0 Å². The van der Waals surface area contributed by atoms with E-state index >= 15 is 0 Å². The third-order valence-electron chi connectivity index (χ3n) is 1.78. The molecule has 1 rings (SSSR count). The maximum atomic E-state index is 4.11. The quantitative estimate of drug-likeness (QED) is 0.550. The first-order chi connectivity index (χ1) is 7.29. The van der Waals surface area contributed by atoms with Crippen LogP contribution in [0.15, 0.2) is 40.5 Å². The van der Waals surface area contributed by atoms with Gasteiger partial charge in [0, 0.05) is 13.2 Å². The number of aromatic nitrogens is 2. The molecule has 0 aliphatic carbocycles. The van der Waals surface area contributed by atoms with Crippen LogP contribution >= 0.6 is 0 Å². The van der Waals surface area contributed by atoms with E-state index in [1.807, 2.05) is 24.9 Å². The van der Waals surface area contributed by atoms with Crippen molar-refractivity contribution >= 4 is 18.9 Å². The van der Waals surface area contributed by atoms with Gasteiger partial charge in [-0.1, -0.05) is 0 Å². The Labute approximate surface area is 88.9 Å². The predicted molar refractivity (Wildman–Crippen MR) is 62.2 cm³/mol. The summed E-state index contributed by atoms with van der Waals surface area (Å²) in [6, 6.07) is 1.81. The minimum Gasteiger partial charge on any atom is -0.314 e. The second-order valence-corrected chi connectivity index (χ2v) is 2.70. The summed E-state index contributed by atoms with van der Waals surface area (Å²) in [5.41, 5.74) is 0. The van der Waals surface area contributed by atoms with Crippen LogP contribution in [-0.2, 0) is 0 Å². The first kappa shape index (κ1) is 11.0. The molecule has 0 N–H and O–H groups in total. The van der Waals surface area contributed by atoms with Crippen molar-refractivity contribution in [2.75, 3.05) is 11.9 Å². The minimum atomic E-state index is 0.751. The lowest BCUT2D eigenvalue weighted by atomic mass is 10.5. The average Bonchev–Trinajstić information content (AvgIpc) is 2.31. The first-order valence-electron chi connectivity index (χ1n) is 4.44. The molecule has 1 aromatic rings. The van der Waals surface area contributed by atoms with E-state index in [1.54, 1.807) is 12.3 Å². The zero-order chi connectivity index (χ0) is 11.1. The number of anilines is 1. The molecule has 0 fully saturated rings. The van der Waals surface area contributed by atoms with Crippen molar-refractivity contribution in [3.05, 3.63) is 30.5 Å². The number of nitrogens with zero attached hydrogens (tertiary/aromatic N) is 5. The molecule has 0 unspecified atom stereocenters. The molecule has 0 bridgehead atoms. The van der Waals surface area contributed by atoms with Crippen LogP contribution in [0.1, 0.15) is 6.92 Å². The molecule has 5 heteroatoms. The van der Waals surface area contributed by atoms with Gasteiger partial charge in [-0.3, -0.25) is 4.99 Å². The van der Waals surface area contributed by atoms with Crippen molar-refractivity contribution < 1.29 is 0 Å². The Morgan fingerprint density at radius 3 is 2.93 bits per heavy atom. The van der Waals surface area contributed by atoms with Gasteiger partial charge in [-0.25, -0.2) is 15.0 Å². The maximum absolute atomic E-state index is 4.11. The van der Waals surface area contributed by atoms with Gasteiger partial charge in [0.1, 0.15) is 24.3 Å². The normalized spacial score (nSPS) is 11.7. The Balaban J connectivity index is 2.88. The van der Waals surface area contributed by atoms with Gasteiger partial charge >= 0.3 is 0 Å². The van der Waals surface area contributed by atoms with E-state index in [0.717, 1.165) is 11.6 Å². The molecule has 1 aromatic heterocycles. The second kappa shape index (κ2) is 5.64. The molecule has 15 heavy (non-hydrogen) atoms. The van der Waals surface area contributed by atoms with Crippen LogP contribution in [-0.4, -0.2) is 30.1 Å². The summed E-state index contributed by atoms with van der Waals surface area (Å²) in [6.45, 7) is 5.22. The van der Waals surface area contributed by atoms with Crippen LogP contribution in [0.4, 0.5) is 5.82 Å². The predicted octanol–water partition coefficient (Wildman–Crippen LogP) is 1.50. The lowest BCUT2D eigenvalue weighted by Gasteiger charge is -2.17. The molecule has 0 aliphatic heterocycles. The maximum Gasteiger partial charge on any atom is 0.137 e. The third-order valence-corrected chi connectivity index (χ3v) is 1.78. The second-order valence-electron chi connectivity index (χ2n) is 2.70. The molecule has 0 aliphatic rings. The summed E-state index contributed by atoms with van der Waals surface area (Å²) >= 11 is 0. The summed E-state index contributed by atoms with van der Waals surface area (Å²) < 4.78 is 0. The minimum absolute atomic E-state index is 0.751. The Morgan fingerprint density at radius 1 is 1.60 bits per heavy atom. The number of allylic oxidation sites excluding steroid dienone is 1. The standard InChI is InChI=1S/C10H13N5/c1-4-9(13-7-11-2)15(3)10-5-6-12-8-14-10/h4-8H,2H2,1,3H3/b9-4+,13-7?. The fourth-order valence-electron chi connectivity index (χ4n) is 1.05. The summed E-state index contributed by atoms with van der Waals surface area (Å²) in [5, 5.41) is 0. The van der Waals surface area contributed by atoms with Crippen molar-refractivity contribution in [3.63, 3.8) is 0 Å². The highest BCUT2D eigenvalue weighted by Crippen LogP contribution is 2.12. The summed E-state index contributed by atoms with van der Waals surface area (Å²) in [5.74, 6) is 1.53. The smallest absolute Gasteiger partial charge is 0.137 e. The van der Waals surface area contributed by atoms with E-state index in [0.29, 0.717) is 0 Å². The number of hydrogen-bond acceptors (Lipinski definition) is 4. The molecule has 0 spiro atoms. The van der Waals surface area contributed by atoms with Crippen molar-refractivity contribution in [3.8, 4) is 0 Å². The van der Waals surface area contributed by atoms with Crippen LogP contribution in [0.2, 0.25) is 0 Å². The number of hydrogen-bond donors (Lipinski definition) is 0. The van der Waals surface area contributed by atoms with E-state index in [2.05, 4.69) is 26.7 Å². The zero-order valence-corrected chi connectivity index (χ0v) is 8.83. The van der Waals surface area contributed by atoms with Gasteiger partial charge in [-0.05, 0) is 25.8 Å². The monoisotopic (exact) mass is 203 g/mol. The molecule has 0 aromatic carbocycles. The fraction of sp³-hybridized carbons (Fsp3) is 0.200.